The highest BCUT2D eigenvalue weighted by Crippen LogP contribution is 2.35. The van der Waals surface area contributed by atoms with E-state index in [1.807, 2.05) is 37.6 Å². The number of imide groups is 1. The molecule has 7 nitrogen and oxygen atoms in total. The van der Waals surface area contributed by atoms with Gasteiger partial charge in [0.25, 0.3) is 0 Å². The zero-order chi connectivity index (χ0) is 19.7. The van der Waals surface area contributed by atoms with Gasteiger partial charge in [0.1, 0.15) is 0 Å². The van der Waals surface area contributed by atoms with Gasteiger partial charge < -0.3 is 9.30 Å². The Bertz CT molecular complexity index is 810. The molecule has 1 aliphatic heterocycles. The summed E-state index contributed by atoms with van der Waals surface area (Å²) in [6.45, 7) is 3.38. The topological polar surface area (TPSA) is 85.7 Å². The summed E-state index contributed by atoms with van der Waals surface area (Å²) < 4.78 is 6.95. The lowest BCUT2D eigenvalue weighted by Gasteiger charge is -2.14. The van der Waals surface area contributed by atoms with Crippen LogP contribution in [-0.2, 0) is 26.2 Å². The van der Waals surface area contributed by atoms with E-state index in [4.69, 9.17) is 4.74 Å². The van der Waals surface area contributed by atoms with Crippen molar-refractivity contribution in [3.05, 3.63) is 35.2 Å². The molecule has 0 saturated carbocycles. The Morgan fingerprint density at radius 2 is 1.70 bits per heavy atom. The molecule has 1 saturated heterocycles. The zero-order valence-corrected chi connectivity index (χ0v) is 15.9. The van der Waals surface area contributed by atoms with Crippen molar-refractivity contribution in [2.45, 2.75) is 33.1 Å². The summed E-state index contributed by atoms with van der Waals surface area (Å²) in [5.74, 6) is -1.90. The van der Waals surface area contributed by atoms with Gasteiger partial charge >= 0.3 is 5.97 Å². The molecule has 0 bridgehead atoms. The van der Waals surface area contributed by atoms with Gasteiger partial charge in [0.15, 0.2) is 6.61 Å². The lowest BCUT2D eigenvalue weighted by Crippen LogP contribution is -2.33. The van der Waals surface area contributed by atoms with Crippen LogP contribution in [0.25, 0.3) is 0 Å². The Kier molecular flexibility index (Phi) is 5.30. The van der Waals surface area contributed by atoms with Crippen LogP contribution in [0.1, 0.15) is 41.0 Å². The number of nitrogens with zero attached hydrogens (tertiary/aromatic N) is 2. The molecule has 0 spiro atoms. The average molecular weight is 372 g/mol. The monoisotopic (exact) mass is 372 g/mol. The molecule has 1 aliphatic carbocycles. The van der Waals surface area contributed by atoms with Gasteiger partial charge in [-0.05, 0) is 32.8 Å². The molecule has 2 heterocycles. The molecule has 2 aliphatic rings. The van der Waals surface area contributed by atoms with Crippen molar-refractivity contribution in [2.24, 2.45) is 18.9 Å². The minimum atomic E-state index is -0.595. The number of amides is 2. The normalized spacial score (nSPS) is 21.5. The van der Waals surface area contributed by atoms with E-state index in [1.54, 1.807) is 6.07 Å². The van der Waals surface area contributed by atoms with Crippen molar-refractivity contribution < 1.29 is 23.9 Å². The highest BCUT2D eigenvalue weighted by molar-refractivity contribution is 6.05. The Morgan fingerprint density at radius 1 is 1.11 bits per heavy atom. The van der Waals surface area contributed by atoms with E-state index in [2.05, 4.69) is 0 Å². The minimum absolute atomic E-state index is 0.00115. The number of hydrogen-bond donors (Lipinski definition) is 0. The zero-order valence-electron chi connectivity index (χ0n) is 15.9. The molecular weight excluding hydrogens is 348 g/mol. The van der Waals surface area contributed by atoms with Gasteiger partial charge in [-0.1, -0.05) is 12.2 Å². The third-order valence-electron chi connectivity index (χ3n) is 5.58. The molecule has 7 heteroatoms. The van der Waals surface area contributed by atoms with Gasteiger partial charge in [0, 0.05) is 30.5 Å². The highest BCUT2D eigenvalue weighted by atomic mass is 16.5. The molecule has 2 amide bonds. The van der Waals surface area contributed by atoms with Crippen LogP contribution >= 0.6 is 0 Å². The fourth-order valence-electron chi connectivity index (χ4n) is 3.73. The fourth-order valence-corrected chi connectivity index (χ4v) is 3.73. The summed E-state index contributed by atoms with van der Waals surface area (Å²) in [6.07, 6.45) is 4.87. The van der Waals surface area contributed by atoms with E-state index in [1.165, 1.54) is 0 Å². The van der Waals surface area contributed by atoms with Gasteiger partial charge in [-0.3, -0.25) is 24.1 Å². The van der Waals surface area contributed by atoms with E-state index < -0.39 is 5.97 Å². The standard InChI is InChI=1S/C20H24N2O5/c1-12-10-16(13(2)21(12)3)17(23)11-27-18(24)8-9-22-19(25)14-6-4-5-7-15(14)20(22)26/h4-5,10,14-15H,6-9,11H2,1-3H3. The SMILES string of the molecule is Cc1cc(C(=O)COC(=O)CCN2C(=O)C3CC=CCC3C2=O)c(C)n1C. The lowest BCUT2D eigenvalue weighted by atomic mass is 9.85. The van der Waals surface area contributed by atoms with Gasteiger partial charge in [-0.15, -0.1) is 0 Å². The number of carbonyl (C=O) groups is 4. The number of Topliss-reactive ketones (excluding diaryl/α,β-unsaturated/α-hetero) is 1. The fraction of sp³-hybridized carbons (Fsp3) is 0.500. The summed E-state index contributed by atoms with van der Waals surface area (Å²) >= 11 is 0. The number of hydrogen-bond acceptors (Lipinski definition) is 5. The van der Waals surface area contributed by atoms with Crippen LogP contribution < -0.4 is 0 Å². The van der Waals surface area contributed by atoms with Crippen molar-refractivity contribution in [3.8, 4) is 0 Å². The molecule has 1 fully saturated rings. The van der Waals surface area contributed by atoms with E-state index in [0.717, 1.165) is 16.3 Å². The summed E-state index contributed by atoms with van der Waals surface area (Å²) in [7, 11) is 1.87. The van der Waals surface area contributed by atoms with E-state index in [9.17, 15) is 19.2 Å². The van der Waals surface area contributed by atoms with Crippen LogP contribution in [0.2, 0.25) is 0 Å². The van der Waals surface area contributed by atoms with E-state index >= 15 is 0 Å². The number of likely N-dealkylation sites (tertiary alicyclic amines) is 1. The molecule has 144 valence electrons. The number of carbonyl (C=O) groups excluding carboxylic acids is 4. The third-order valence-corrected chi connectivity index (χ3v) is 5.58. The smallest absolute Gasteiger partial charge is 0.308 e. The first-order valence-electron chi connectivity index (χ1n) is 9.13. The van der Waals surface area contributed by atoms with Crippen molar-refractivity contribution in [1.29, 1.82) is 0 Å². The number of ether oxygens (including phenoxy) is 1. The van der Waals surface area contributed by atoms with Crippen LogP contribution in [0.3, 0.4) is 0 Å². The van der Waals surface area contributed by atoms with Crippen molar-refractivity contribution in [2.75, 3.05) is 13.2 Å². The molecule has 3 rings (SSSR count). The predicted molar refractivity (Wildman–Crippen MR) is 96.9 cm³/mol. The molecule has 27 heavy (non-hydrogen) atoms. The highest BCUT2D eigenvalue weighted by Gasteiger charge is 2.46. The third kappa shape index (κ3) is 3.59. The first-order valence-corrected chi connectivity index (χ1v) is 9.13. The first-order chi connectivity index (χ1) is 12.8. The summed E-state index contributed by atoms with van der Waals surface area (Å²) in [5.41, 5.74) is 2.30. The van der Waals surface area contributed by atoms with Gasteiger partial charge in [-0.2, -0.15) is 0 Å². The first kappa shape index (κ1) is 19.1. The number of ketones is 1. The van der Waals surface area contributed by atoms with Crippen LogP contribution in [0, 0.1) is 25.7 Å². The van der Waals surface area contributed by atoms with Crippen LogP contribution in [-0.4, -0.2) is 46.2 Å². The van der Waals surface area contributed by atoms with Crippen LogP contribution in [0.5, 0.6) is 0 Å². The van der Waals surface area contributed by atoms with Crippen LogP contribution in [0.4, 0.5) is 0 Å². The Labute approximate surface area is 158 Å². The molecular formula is C20H24N2O5. The molecule has 2 unspecified atom stereocenters. The lowest BCUT2D eigenvalue weighted by molar-refractivity contribution is -0.145. The molecule has 0 aromatic carbocycles. The van der Waals surface area contributed by atoms with Crippen molar-refractivity contribution in [1.82, 2.24) is 9.47 Å². The van der Waals surface area contributed by atoms with Crippen molar-refractivity contribution in [3.63, 3.8) is 0 Å². The second kappa shape index (κ2) is 7.50. The van der Waals surface area contributed by atoms with Gasteiger partial charge in [-0.25, -0.2) is 0 Å². The Balaban J connectivity index is 1.50. The van der Waals surface area contributed by atoms with Crippen LogP contribution in [0.15, 0.2) is 18.2 Å². The average Bonchev–Trinajstić information content (AvgIpc) is 3.06. The molecule has 1 aromatic heterocycles. The molecule has 0 radical (unpaired) electrons. The Morgan fingerprint density at radius 3 is 2.22 bits per heavy atom. The number of allylic oxidation sites excluding steroid dienone is 2. The number of rotatable bonds is 6. The second-order valence-corrected chi connectivity index (χ2v) is 7.16. The largest absolute Gasteiger partial charge is 0.457 e. The molecule has 1 aromatic rings. The van der Waals surface area contributed by atoms with Crippen molar-refractivity contribution >= 4 is 23.6 Å². The molecule has 0 N–H and O–H groups in total. The number of fused-ring (bicyclic) bond motifs is 1. The second-order valence-electron chi connectivity index (χ2n) is 7.16. The maximum Gasteiger partial charge on any atom is 0.308 e. The van der Waals surface area contributed by atoms with E-state index in [0.29, 0.717) is 18.4 Å². The maximum absolute atomic E-state index is 12.3. The quantitative estimate of drug-likeness (QED) is 0.328. The maximum atomic E-state index is 12.3. The Hall–Kier alpha value is -2.70. The van der Waals surface area contributed by atoms with Gasteiger partial charge in [0.05, 0.1) is 18.3 Å². The van der Waals surface area contributed by atoms with E-state index in [-0.39, 0.29) is 49.0 Å². The minimum Gasteiger partial charge on any atom is -0.457 e. The van der Waals surface area contributed by atoms with Gasteiger partial charge in [0.2, 0.25) is 17.6 Å². The number of aromatic nitrogens is 1. The summed E-state index contributed by atoms with van der Waals surface area (Å²) in [4.78, 5) is 50.1. The summed E-state index contributed by atoms with van der Waals surface area (Å²) in [5, 5.41) is 0. The molecule has 2 atom stereocenters. The number of aryl methyl sites for hydroxylation is 1. The predicted octanol–water partition coefficient (Wildman–Crippen LogP) is 1.71. The number of esters is 1. The summed E-state index contributed by atoms with van der Waals surface area (Å²) in [6, 6.07) is 1.77.